The van der Waals surface area contributed by atoms with Gasteiger partial charge in [0.15, 0.2) is 5.69 Å². The van der Waals surface area contributed by atoms with E-state index in [1.165, 1.54) is 23.6 Å². The summed E-state index contributed by atoms with van der Waals surface area (Å²) in [6, 6.07) is 6.90. The fraction of sp³-hybridized carbons (Fsp3) is 0.368. The summed E-state index contributed by atoms with van der Waals surface area (Å²) in [7, 11) is 1.34. The number of hydrogen-bond donors (Lipinski definition) is 0. The monoisotopic (exact) mass is 383 g/mol. The number of methoxy groups -OCH3 is 1. The number of carbonyl (C=O) groups is 1. The van der Waals surface area contributed by atoms with Crippen LogP contribution in [-0.2, 0) is 4.74 Å². The van der Waals surface area contributed by atoms with Gasteiger partial charge < -0.3 is 9.64 Å². The van der Waals surface area contributed by atoms with Crippen LogP contribution in [0.5, 0.6) is 0 Å². The molecular formula is C19H21N5O2S. The second-order valence-corrected chi connectivity index (χ2v) is 7.42. The molecular weight excluding hydrogens is 362 g/mol. The highest BCUT2D eigenvalue weighted by molar-refractivity contribution is 7.16. The second kappa shape index (κ2) is 7.58. The van der Waals surface area contributed by atoms with Crippen LogP contribution in [0.25, 0.3) is 10.2 Å². The molecule has 140 valence electrons. The molecule has 3 aromatic rings. The van der Waals surface area contributed by atoms with Gasteiger partial charge in [-0.3, -0.25) is 4.90 Å². The first kappa shape index (κ1) is 17.8. The third-order valence-corrected chi connectivity index (χ3v) is 5.87. The minimum atomic E-state index is -0.468. The number of carbonyl (C=O) groups excluding carboxylic acids is 1. The predicted octanol–water partition coefficient (Wildman–Crippen LogP) is 2.76. The highest BCUT2D eigenvalue weighted by atomic mass is 32.1. The van der Waals surface area contributed by atoms with Gasteiger partial charge in [-0.25, -0.2) is 19.7 Å². The van der Waals surface area contributed by atoms with E-state index in [1.807, 2.05) is 5.51 Å². The van der Waals surface area contributed by atoms with E-state index in [4.69, 9.17) is 0 Å². The molecule has 0 saturated carbocycles. The van der Waals surface area contributed by atoms with E-state index in [0.717, 1.165) is 37.5 Å². The van der Waals surface area contributed by atoms with Crippen LogP contribution in [0, 0.1) is 0 Å². The van der Waals surface area contributed by atoms with Gasteiger partial charge in [-0.05, 0) is 24.6 Å². The van der Waals surface area contributed by atoms with Crippen LogP contribution in [0.15, 0.2) is 36.1 Å². The highest BCUT2D eigenvalue weighted by Crippen LogP contribution is 2.27. The van der Waals surface area contributed by atoms with Crippen molar-refractivity contribution >= 4 is 33.3 Å². The Hall–Kier alpha value is -2.58. The van der Waals surface area contributed by atoms with Crippen LogP contribution in [0.2, 0.25) is 0 Å². The number of fused-ring (bicyclic) bond motifs is 1. The maximum Gasteiger partial charge on any atom is 0.358 e. The molecule has 0 radical (unpaired) electrons. The molecule has 0 unspecified atom stereocenters. The fourth-order valence-corrected chi connectivity index (χ4v) is 4.04. The van der Waals surface area contributed by atoms with Crippen molar-refractivity contribution in [2.24, 2.45) is 0 Å². The van der Waals surface area contributed by atoms with Crippen molar-refractivity contribution < 1.29 is 9.53 Å². The summed E-state index contributed by atoms with van der Waals surface area (Å²) in [5.74, 6) is 0.323. The van der Waals surface area contributed by atoms with Crippen molar-refractivity contribution in [2.45, 2.75) is 13.0 Å². The van der Waals surface area contributed by atoms with E-state index >= 15 is 0 Å². The molecule has 1 aromatic carbocycles. The third kappa shape index (κ3) is 3.63. The molecule has 7 nitrogen and oxygen atoms in total. The van der Waals surface area contributed by atoms with Crippen molar-refractivity contribution in [1.29, 1.82) is 0 Å². The van der Waals surface area contributed by atoms with Gasteiger partial charge in [0.25, 0.3) is 0 Å². The molecule has 1 aliphatic rings. The second-order valence-electron chi connectivity index (χ2n) is 6.53. The Morgan fingerprint density at radius 1 is 1.15 bits per heavy atom. The van der Waals surface area contributed by atoms with E-state index < -0.39 is 5.97 Å². The molecule has 0 bridgehead atoms. The lowest BCUT2D eigenvalue weighted by molar-refractivity contribution is 0.0593. The third-order valence-electron chi connectivity index (χ3n) is 5.06. The zero-order valence-electron chi connectivity index (χ0n) is 15.3. The van der Waals surface area contributed by atoms with Crippen molar-refractivity contribution in [3.63, 3.8) is 0 Å². The normalized spacial score (nSPS) is 16.4. The highest BCUT2D eigenvalue weighted by Gasteiger charge is 2.23. The van der Waals surface area contributed by atoms with E-state index in [-0.39, 0.29) is 5.69 Å². The van der Waals surface area contributed by atoms with Crippen molar-refractivity contribution in [3.8, 4) is 0 Å². The van der Waals surface area contributed by atoms with E-state index in [2.05, 4.69) is 54.6 Å². The molecule has 0 aliphatic carbocycles. The molecule has 3 heterocycles. The van der Waals surface area contributed by atoms with Gasteiger partial charge >= 0.3 is 5.97 Å². The van der Waals surface area contributed by atoms with Crippen molar-refractivity contribution in [1.82, 2.24) is 19.9 Å². The molecule has 1 aliphatic heterocycles. The van der Waals surface area contributed by atoms with Gasteiger partial charge in [0.05, 0.1) is 35.2 Å². The smallest absolute Gasteiger partial charge is 0.358 e. The molecule has 0 amide bonds. The summed E-state index contributed by atoms with van der Waals surface area (Å²) < 4.78 is 5.89. The fourth-order valence-electron chi connectivity index (χ4n) is 3.38. The van der Waals surface area contributed by atoms with Gasteiger partial charge in [0.2, 0.25) is 0 Å². The standard InChI is InChI=1S/C19H21N5O2S/c1-13(14-3-4-17-15(9-14)22-12-27-17)23-5-7-24(8-6-23)18-11-20-16(10-21-18)19(25)26-2/h3-4,9-13H,5-8H2,1-2H3/t13-/m0/s1. The lowest BCUT2D eigenvalue weighted by atomic mass is 10.1. The first-order valence-electron chi connectivity index (χ1n) is 8.88. The molecule has 1 fully saturated rings. The van der Waals surface area contributed by atoms with Gasteiger partial charge in [0.1, 0.15) is 5.82 Å². The first-order chi connectivity index (χ1) is 13.2. The number of ether oxygens (including phenoxy) is 1. The summed E-state index contributed by atoms with van der Waals surface area (Å²) in [6.07, 6.45) is 3.11. The zero-order chi connectivity index (χ0) is 18.8. The van der Waals surface area contributed by atoms with Crippen LogP contribution >= 0.6 is 11.3 Å². The number of thiazole rings is 1. The SMILES string of the molecule is COC(=O)c1cnc(N2CCN([C@@H](C)c3ccc4scnc4c3)CC2)cn1. The van der Waals surface area contributed by atoms with E-state index in [1.54, 1.807) is 17.5 Å². The van der Waals surface area contributed by atoms with Gasteiger partial charge in [0, 0.05) is 32.2 Å². The van der Waals surface area contributed by atoms with Gasteiger partial charge in [-0.2, -0.15) is 0 Å². The average Bonchev–Trinajstić information content (AvgIpc) is 3.21. The maximum atomic E-state index is 11.5. The number of piperazine rings is 1. The van der Waals surface area contributed by atoms with Gasteiger partial charge in [-0.15, -0.1) is 11.3 Å². The number of hydrogen-bond acceptors (Lipinski definition) is 8. The quantitative estimate of drug-likeness (QED) is 0.642. The van der Waals surface area contributed by atoms with Crippen LogP contribution < -0.4 is 4.90 Å². The molecule has 2 aromatic heterocycles. The Labute approximate surface area is 161 Å². The molecule has 0 spiro atoms. The zero-order valence-corrected chi connectivity index (χ0v) is 16.1. The summed E-state index contributed by atoms with van der Waals surface area (Å²) in [5.41, 5.74) is 4.49. The maximum absolute atomic E-state index is 11.5. The Morgan fingerprint density at radius 3 is 2.67 bits per heavy atom. The van der Waals surface area contributed by atoms with Gasteiger partial charge in [-0.1, -0.05) is 6.07 Å². The largest absolute Gasteiger partial charge is 0.464 e. The summed E-state index contributed by atoms with van der Waals surface area (Å²) >= 11 is 1.67. The Kier molecular flexibility index (Phi) is 5.00. The molecule has 27 heavy (non-hydrogen) atoms. The Morgan fingerprint density at radius 2 is 1.96 bits per heavy atom. The van der Waals surface area contributed by atoms with Crippen LogP contribution in [0.4, 0.5) is 5.82 Å². The summed E-state index contributed by atoms with van der Waals surface area (Å²) in [6.45, 7) is 5.87. The number of esters is 1. The minimum Gasteiger partial charge on any atom is -0.464 e. The van der Waals surface area contributed by atoms with Crippen LogP contribution in [-0.4, -0.2) is 59.1 Å². The molecule has 8 heteroatoms. The average molecular weight is 383 g/mol. The van der Waals surface area contributed by atoms with Crippen LogP contribution in [0.1, 0.15) is 29.0 Å². The molecule has 0 N–H and O–H groups in total. The summed E-state index contributed by atoms with van der Waals surface area (Å²) in [5, 5.41) is 0. The topological polar surface area (TPSA) is 71.5 Å². The lowest BCUT2D eigenvalue weighted by Gasteiger charge is -2.38. The molecule has 1 saturated heterocycles. The molecule has 4 rings (SSSR count). The lowest BCUT2D eigenvalue weighted by Crippen LogP contribution is -2.47. The van der Waals surface area contributed by atoms with E-state index in [0.29, 0.717) is 6.04 Å². The Bertz CT molecular complexity index is 935. The predicted molar refractivity (Wildman–Crippen MR) is 105 cm³/mol. The summed E-state index contributed by atoms with van der Waals surface area (Å²) in [4.78, 5) is 29.1. The van der Waals surface area contributed by atoms with Crippen molar-refractivity contribution in [3.05, 3.63) is 47.4 Å². The van der Waals surface area contributed by atoms with Crippen molar-refractivity contribution in [2.75, 3.05) is 38.2 Å². The number of benzene rings is 1. The first-order valence-corrected chi connectivity index (χ1v) is 9.76. The number of aromatic nitrogens is 3. The molecule has 1 atom stereocenters. The number of anilines is 1. The van der Waals surface area contributed by atoms with Crippen LogP contribution in [0.3, 0.4) is 0 Å². The minimum absolute atomic E-state index is 0.228. The van der Waals surface area contributed by atoms with E-state index in [9.17, 15) is 4.79 Å². The Balaban J connectivity index is 1.40. The number of nitrogens with zero attached hydrogens (tertiary/aromatic N) is 5. The number of rotatable bonds is 4.